The number of allylic oxidation sites excluding steroid dienone is 12. The Balaban J connectivity index is 4.24. The third kappa shape index (κ3) is 42.1. The fourth-order valence-electron chi connectivity index (χ4n) is 5.95. The topological polar surface area (TPSA) is 61.8 Å². The number of hydrogen-bond acceptors (Lipinski definition) is 5. The molecule has 0 heterocycles. The highest BCUT2D eigenvalue weighted by molar-refractivity contribution is 5.70. The first-order valence-corrected chi connectivity index (χ1v) is 22.5. The maximum atomic E-state index is 12.7. The van der Waals surface area contributed by atoms with Gasteiger partial charge in [-0.05, 0) is 83.5 Å². The normalized spacial score (nSPS) is 12.9. The van der Waals surface area contributed by atoms with Gasteiger partial charge in [0, 0.05) is 19.4 Å². The summed E-state index contributed by atoms with van der Waals surface area (Å²) in [5.74, 6) is -0.446. The molecule has 1 unspecified atom stereocenters. The third-order valence-corrected chi connectivity index (χ3v) is 9.24. The summed E-state index contributed by atoms with van der Waals surface area (Å²) in [6, 6.07) is 0. The molecule has 54 heavy (non-hydrogen) atoms. The molecule has 0 aliphatic rings. The van der Waals surface area contributed by atoms with Gasteiger partial charge in [0.1, 0.15) is 6.61 Å². The summed E-state index contributed by atoms with van der Waals surface area (Å²) in [7, 11) is 0. The van der Waals surface area contributed by atoms with Crippen LogP contribution >= 0.6 is 0 Å². The summed E-state index contributed by atoms with van der Waals surface area (Å²) in [5.41, 5.74) is 0. The Labute approximate surface area is 334 Å². The van der Waals surface area contributed by atoms with Crippen molar-refractivity contribution in [2.45, 2.75) is 207 Å². The number of carbonyl (C=O) groups excluding carboxylic acids is 2. The lowest BCUT2D eigenvalue weighted by Gasteiger charge is -2.18. The quantitative estimate of drug-likeness (QED) is 0.0354. The van der Waals surface area contributed by atoms with Gasteiger partial charge >= 0.3 is 11.9 Å². The summed E-state index contributed by atoms with van der Waals surface area (Å²) in [4.78, 5) is 25.2. The number of esters is 2. The standard InChI is InChI=1S/C49H84O5/c1-4-7-10-13-16-19-21-23-24-25-26-28-29-31-33-36-39-42-48(50)53-46-47(45-52-44-41-38-35-18-15-12-9-6-3)54-49(51)43-40-37-34-32-30-27-22-20-17-14-11-8-5-2/h7-8,10-11,16-17,19-20,23-24,27,30,47H,4-6,9,12-15,18,21-22,25-26,28-29,31-46H2,1-3H3/b10-7-,11-8-,19-16-,20-17-,24-23-,30-27-. The van der Waals surface area contributed by atoms with E-state index in [1.54, 1.807) is 0 Å². The van der Waals surface area contributed by atoms with Gasteiger partial charge in [-0.15, -0.1) is 0 Å². The molecule has 0 amide bonds. The average Bonchev–Trinajstić information content (AvgIpc) is 3.17. The lowest BCUT2D eigenvalue weighted by molar-refractivity contribution is -0.163. The SMILES string of the molecule is CC/C=C\C/C=C\C/C=C\CCCCCCCCCC(=O)OCC(COCCCCCCCCCC)OC(=O)CCCCC/C=C\C/C=C\C/C=C\CC. The highest BCUT2D eigenvalue weighted by atomic mass is 16.6. The molecule has 0 bridgehead atoms. The predicted octanol–water partition coefficient (Wildman–Crippen LogP) is 14.8. The van der Waals surface area contributed by atoms with Gasteiger partial charge in [0.15, 0.2) is 6.10 Å². The molecule has 0 aliphatic heterocycles. The fourth-order valence-corrected chi connectivity index (χ4v) is 5.95. The zero-order valence-corrected chi connectivity index (χ0v) is 35.5. The van der Waals surface area contributed by atoms with Crippen molar-refractivity contribution in [3.63, 3.8) is 0 Å². The molecule has 0 N–H and O–H groups in total. The monoisotopic (exact) mass is 753 g/mol. The molecule has 0 fully saturated rings. The molecule has 1 atom stereocenters. The van der Waals surface area contributed by atoms with Crippen molar-refractivity contribution >= 4 is 11.9 Å². The Morgan fingerprint density at radius 2 is 0.833 bits per heavy atom. The molecule has 5 nitrogen and oxygen atoms in total. The van der Waals surface area contributed by atoms with Crippen LogP contribution in [0.5, 0.6) is 0 Å². The van der Waals surface area contributed by atoms with Gasteiger partial charge < -0.3 is 14.2 Å². The fraction of sp³-hybridized carbons (Fsp3) is 0.714. The van der Waals surface area contributed by atoms with E-state index in [0.29, 0.717) is 19.4 Å². The minimum Gasteiger partial charge on any atom is -0.462 e. The van der Waals surface area contributed by atoms with Crippen molar-refractivity contribution in [1.29, 1.82) is 0 Å². The van der Waals surface area contributed by atoms with Crippen LogP contribution < -0.4 is 0 Å². The van der Waals surface area contributed by atoms with Crippen molar-refractivity contribution in [2.24, 2.45) is 0 Å². The molecular weight excluding hydrogens is 669 g/mol. The Morgan fingerprint density at radius 1 is 0.426 bits per heavy atom. The largest absolute Gasteiger partial charge is 0.462 e. The molecule has 0 rings (SSSR count). The van der Waals surface area contributed by atoms with E-state index >= 15 is 0 Å². The lowest BCUT2D eigenvalue weighted by atomic mass is 10.1. The van der Waals surface area contributed by atoms with Crippen LogP contribution in [0.1, 0.15) is 201 Å². The van der Waals surface area contributed by atoms with E-state index in [2.05, 4.69) is 93.7 Å². The number of unbranched alkanes of at least 4 members (excludes halogenated alkanes) is 17. The van der Waals surface area contributed by atoms with Crippen molar-refractivity contribution in [2.75, 3.05) is 19.8 Å². The van der Waals surface area contributed by atoms with Crippen LogP contribution in [0.4, 0.5) is 0 Å². The summed E-state index contributed by atoms with van der Waals surface area (Å²) >= 11 is 0. The van der Waals surface area contributed by atoms with Gasteiger partial charge in [-0.1, -0.05) is 177 Å². The van der Waals surface area contributed by atoms with E-state index in [-0.39, 0.29) is 25.2 Å². The molecule has 0 saturated heterocycles. The molecule has 0 aromatic rings. The van der Waals surface area contributed by atoms with E-state index in [0.717, 1.165) is 103 Å². The summed E-state index contributed by atoms with van der Waals surface area (Å²) in [6.07, 6.45) is 56.2. The number of hydrogen-bond donors (Lipinski definition) is 0. The van der Waals surface area contributed by atoms with E-state index in [9.17, 15) is 9.59 Å². The van der Waals surface area contributed by atoms with Gasteiger partial charge in [-0.3, -0.25) is 9.59 Å². The van der Waals surface area contributed by atoms with Crippen LogP contribution in [0.25, 0.3) is 0 Å². The molecule has 0 aromatic carbocycles. The smallest absolute Gasteiger partial charge is 0.306 e. The van der Waals surface area contributed by atoms with E-state index < -0.39 is 6.10 Å². The highest BCUT2D eigenvalue weighted by Gasteiger charge is 2.17. The van der Waals surface area contributed by atoms with Gasteiger partial charge in [-0.2, -0.15) is 0 Å². The van der Waals surface area contributed by atoms with Crippen LogP contribution in [0.15, 0.2) is 72.9 Å². The molecule has 5 heteroatoms. The van der Waals surface area contributed by atoms with Crippen molar-refractivity contribution in [3.05, 3.63) is 72.9 Å². The van der Waals surface area contributed by atoms with Crippen LogP contribution in [0, 0.1) is 0 Å². The molecular formula is C49H84O5. The van der Waals surface area contributed by atoms with Gasteiger partial charge in [0.05, 0.1) is 6.61 Å². The van der Waals surface area contributed by atoms with E-state index in [1.807, 2.05) is 0 Å². The van der Waals surface area contributed by atoms with Crippen molar-refractivity contribution < 1.29 is 23.8 Å². The summed E-state index contributed by atoms with van der Waals surface area (Å²) in [5, 5.41) is 0. The molecule has 0 spiro atoms. The van der Waals surface area contributed by atoms with Crippen LogP contribution in [-0.4, -0.2) is 37.9 Å². The van der Waals surface area contributed by atoms with Crippen LogP contribution in [0.3, 0.4) is 0 Å². The van der Waals surface area contributed by atoms with Crippen molar-refractivity contribution in [1.82, 2.24) is 0 Å². The van der Waals surface area contributed by atoms with Gasteiger partial charge in [0.25, 0.3) is 0 Å². The number of ether oxygens (including phenoxy) is 3. The minimum absolute atomic E-state index is 0.0666. The Morgan fingerprint density at radius 3 is 1.35 bits per heavy atom. The van der Waals surface area contributed by atoms with Crippen LogP contribution in [0.2, 0.25) is 0 Å². The van der Waals surface area contributed by atoms with Gasteiger partial charge in [0.2, 0.25) is 0 Å². The zero-order valence-electron chi connectivity index (χ0n) is 35.5. The second-order valence-corrected chi connectivity index (χ2v) is 14.5. The second kappa shape index (κ2) is 44.7. The third-order valence-electron chi connectivity index (χ3n) is 9.24. The second-order valence-electron chi connectivity index (χ2n) is 14.5. The molecule has 0 aromatic heterocycles. The Hall–Kier alpha value is -2.66. The Kier molecular flexibility index (Phi) is 42.5. The molecule has 0 aliphatic carbocycles. The molecule has 0 radical (unpaired) electrons. The Bertz CT molecular complexity index is 988. The zero-order chi connectivity index (χ0) is 39.3. The first-order valence-electron chi connectivity index (χ1n) is 22.5. The lowest BCUT2D eigenvalue weighted by Crippen LogP contribution is -2.30. The summed E-state index contributed by atoms with van der Waals surface area (Å²) < 4.78 is 17.2. The first kappa shape index (κ1) is 51.3. The van der Waals surface area contributed by atoms with Crippen molar-refractivity contribution in [3.8, 4) is 0 Å². The minimum atomic E-state index is -0.553. The van der Waals surface area contributed by atoms with Crippen LogP contribution in [-0.2, 0) is 23.8 Å². The molecule has 310 valence electrons. The van der Waals surface area contributed by atoms with E-state index in [1.165, 1.54) is 64.2 Å². The number of carbonyl (C=O) groups is 2. The average molecular weight is 753 g/mol. The predicted molar refractivity (Wildman–Crippen MR) is 233 cm³/mol. The first-order chi connectivity index (χ1) is 26.6. The van der Waals surface area contributed by atoms with Gasteiger partial charge in [-0.25, -0.2) is 0 Å². The van der Waals surface area contributed by atoms with E-state index in [4.69, 9.17) is 14.2 Å². The number of rotatable bonds is 40. The maximum absolute atomic E-state index is 12.7. The molecule has 0 saturated carbocycles. The highest BCUT2D eigenvalue weighted by Crippen LogP contribution is 2.13. The summed E-state index contributed by atoms with van der Waals surface area (Å²) in [6.45, 7) is 7.54. The maximum Gasteiger partial charge on any atom is 0.306 e.